The van der Waals surface area contributed by atoms with Crippen LogP contribution in [0.3, 0.4) is 0 Å². The predicted molar refractivity (Wildman–Crippen MR) is 53.6 cm³/mol. The zero-order valence-corrected chi connectivity index (χ0v) is 8.60. The van der Waals surface area contributed by atoms with Crippen molar-refractivity contribution in [2.45, 2.75) is 12.6 Å². The summed E-state index contributed by atoms with van der Waals surface area (Å²) in [6.45, 7) is 0.869. The van der Waals surface area contributed by atoms with E-state index in [1.165, 1.54) is 4.90 Å². The highest BCUT2D eigenvalue weighted by atomic mass is 16.3. The lowest BCUT2D eigenvalue weighted by molar-refractivity contribution is 0.161. The minimum atomic E-state index is -0.0646. The summed E-state index contributed by atoms with van der Waals surface area (Å²) >= 11 is 0. The van der Waals surface area contributed by atoms with E-state index in [0.717, 1.165) is 0 Å². The first kappa shape index (κ1) is 11.0. The second-order valence-corrected chi connectivity index (χ2v) is 3.32. The molecule has 0 aromatic carbocycles. The third-order valence-electron chi connectivity index (χ3n) is 2.20. The fourth-order valence-corrected chi connectivity index (χ4v) is 1.31. The molecule has 80 valence electrons. The van der Waals surface area contributed by atoms with E-state index in [0.29, 0.717) is 13.0 Å². The third-order valence-corrected chi connectivity index (χ3v) is 2.20. The molecule has 0 aliphatic carbocycles. The molecular formula is C9H17N3O2. The van der Waals surface area contributed by atoms with Gasteiger partial charge in [-0.15, -0.1) is 0 Å². The SMILES string of the molecule is CN1C=CC(NCCCO)N(C)C1=O. The van der Waals surface area contributed by atoms with Crippen LogP contribution in [0.1, 0.15) is 6.42 Å². The summed E-state index contributed by atoms with van der Waals surface area (Å²) in [5.41, 5.74) is 0. The summed E-state index contributed by atoms with van der Waals surface area (Å²) in [6.07, 6.45) is 4.30. The molecule has 0 radical (unpaired) electrons. The van der Waals surface area contributed by atoms with Gasteiger partial charge in [-0.3, -0.25) is 5.32 Å². The molecule has 1 heterocycles. The van der Waals surface area contributed by atoms with Crippen LogP contribution >= 0.6 is 0 Å². The number of nitrogens with zero attached hydrogens (tertiary/aromatic N) is 2. The van der Waals surface area contributed by atoms with E-state index in [9.17, 15) is 4.79 Å². The van der Waals surface area contributed by atoms with Crippen molar-refractivity contribution >= 4 is 6.03 Å². The van der Waals surface area contributed by atoms with Gasteiger partial charge in [0.2, 0.25) is 0 Å². The molecule has 14 heavy (non-hydrogen) atoms. The molecule has 5 nitrogen and oxygen atoms in total. The van der Waals surface area contributed by atoms with Crippen molar-refractivity contribution < 1.29 is 9.90 Å². The van der Waals surface area contributed by atoms with E-state index in [-0.39, 0.29) is 18.8 Å². The van der Waals surface area contributed by atoms with Crippen LogP contribution in [0.15, 0.2) is 12.3 Å². The van der Waals surface area contributed by atoms with Crippen LogP contribution in [0.5, 0.6) is 0 Å². The highest BCUT2D eigenvalue weighted by Gasteiger charge is 2.23. The van der Waals surface area contributed by atoms with E-state index in [4.69, 9.17) is 5.11 Å². The lowest BCUT2D eigenvalue weighted by Gasteiger charge is -2.33. The molecule has 2 amide bonds. The van der Waals surface area contributed by atoms with Crippen LogP contribution in [-0.4, -0.2) is 54.4 Å². The predicted octanol–water partition coefficient (Wildman–Crippen LogP) is -0.205. The van der Waals surface area contributed by atoms with Gasteiger partial charge in [-0.25, -0.2) is 4.79 Å². The van der Waals surface area contributed by atoms with Crippen molar-refractivity contribution in [3.8, 4) is 0 Å². The average molecular weight is 199 g/mol. The Morgan fingerprint density at radius 2 is 2.29 bits per heavy atom. The van der Waals surface area contributed by atoms with Crippen molar-refractivity contribution in [3.05, 3.63) is 12.3 Å². The van der Waals surface area contributed by atoms with Crippen molar-refractivity contribution in [3.63, 3.8) is 0 Å². The molecule has 1 unspecified atom stereocenters. The molecule has 0 aromatic rings. The molecule has 1 aliphatic rings. The number of nitrogens with one attached hydrogen (secondary N) is 1. The zero-order chi connectivity index (χ0) is 10.6. The molecule has 0 saturated heterocycles. The number of amides is 2. The van der Waals surface area contributed by atoms with Gasteiger partial charge < -0.3 is 14.9 Å². The van der Waals surface area contributed by atoms with Gasteiger partial charge in [0.25, 0.3) is 0 Å². The normalized spacial score (nSPS) is 21.9. The largest absolute Gasteiger partial charge is 0.396 e. The standard InChI is InChI=1S/C9H17N3O2/c1-11-6-4-8(10-5-3-7-13)12(2)9(11)14/h4,6,8,10,13H,3,5,7H2,1-2H3. The van der Waals surface area contributed by atoms with Crippen molar-refractivity contribution in [1.82, 2.24) is 15.1 Å². The van der Waals surface area contributed by atoms with Gasteiger partial charge in [-0.1, -0.05) is 0 Å². The summed E-state index contributed by atoms with van der Waals surface area (Å²) < 4.78 is 0. The Labute approximate surface area is 84.0 Å². The first-order chi connectivity index (χ1) is 6.66. The fourth-order valence-electron chi connectivity index (χ4n) is 1.31. The van der Waals surface area contributed by atoms with E-state index in [1.807, 2.05) is 6.08 Å². The van der Waals surface area contributed by atoms with E-state index >= 15 is 0 Å². The van der Waals surface area contributed by atoms with Crippen LogP contribution in [0, 0.1) is 0 Å². The first-order valence-corrected chi connectivity index (χ1v) is 4.69. The quantitative estimate of drug-likeness (QED) is 0.616. The van der Waals surface area contributed by atoms with Gasteiger partial charge in [0.05, 0.1) is 0 Å². The molecule has 0 bridgehead atoms. The van der Waals surface area contributed by atoms with Crippen LogP contribution in [-0.2, 0) is 0 Å². The number of hydrogen-bond donors (Lipinski definition) is 2. The molecule has 1 atom stereocenters. The highest BCUT2D eigenvalue weighted by molar-refractivity contribution is 5.76. The third kappa shape index (κ3) is 2.46. The molecule has 0 spiro atoms. The van der Waals surface area contributed by atoms with Crippen LogP contribution in [0.2, 0.25) is 0 Å². The smallest absolute Gasteiger partial charge is 0.324 e. The Morgan fingerprint density at radius 1 is 1.57 bits per heavy atom. The topological polar surface area (TPSA) is 55.8 Å². The second-order valence-electron chi connectivity index (χ2n) is 3.32. The van der Waals surface area contributed by atoms with E-state index < -0.39 is 0 Å². The Kier molecular flexibility index (Phi) is 3.91. The Morgan fingerprint density at radius 3 is 2.93 bits per heavy atom. The number of likely N-dealkylation sites (N-methyl/N-ethyl adjacent to an activating group) is 1. The minimum absolute atomic E-state index is 0.0333. The summed E-state index contributed by atoms with van der Waals surface area (Å²) in [5, 5.41) is 11.8. The Balaban J connectivity index is 2.45. The molecule has 5 heteroatoms. The van der Waals surface area contributed by atoms with Gasteiger partial charge in [-0.05, 0) is 19.0 Å². The average Bonchev–Trinajstić information content (AvgIpc) is 2.18. The first-order valence-electron chi connectivity index (χ1n) is 4.69. The number of aliphatic hydroxyl groups excluding tert-OH is 1. The lowest BCUT2D eigenvalue weighted by atomic mass is 10.3. The van der Waals surface area contributed by atoms with Gasteiger partial charge in [0.15, 0.2) is 0 Å². The number of carbonyl (C=O) groups is 1. The summed E-state index contributed by atoms with van der Waals surface area (Å²) in [4.78, 5) is 14.6. The monoisotopic (exact) mass is 199 g/mol. The van der Waals surface area contributed by atoms with Gasteiger partial charge in [-0.2, -0.15) is 0 Å². The van der Waals surface area contributed by atoms with Crippen LogP contribution in [0.25, 0.3) is 0 Å². The van der Waals surface area contributed by atoms with Crippen molar-refractivity contribution in [1.29, 1.82) is 0 Å². The van der Waals surface area contributed by atoms with Gasteiger partial charge in [0.1, 0.15) is 6.17 Å². The second kappa shape index (κ2) is 4.97. The molecule has 0 saturated carbocycles. The van der Waals surface area contributed by atoms with Gasteiger partial charge >= 0.3 is 6.03 Å². The molecule has 0 fully saturated rings. The fraction of sp³-hybridized carbons (Fsp3) is 0.667. The number of hydrogen-bond acceptors (Lipinski definition) is 3. The Hall–Kier alpha value is -1.07. The van der Waals surface area contributed by atoms with Crippen molar-refractivity contribution in [2.24, 2.45) is 0 Å². The van der Waals surface area contributed by atoms with Crippen LogP contribution in [0.4, 0.5) is 4.79 Å². The summed E-state index contributed by atoms with van der Waals surface area (Å²) in [6, 6.07) is -0.0333. The zero-order valence-electron chi connectivity index (χ0n) is 8.60. The van der Waals surface area contributed by atoms with Crippen molar-refractivity contribution in [2.75, 3.05) is 27.2 Å². The maximum atomic E-state index is 11.5. The van der Waals surface area contributed by atoms with Gasteiger partial charge in [0, 0.05) is 26.9 Å². The highest BCUT2D eigenvalue weighted by Crippen LogP contribution is 2.07. The molecule has 1 rings (SSSR count). The minimum Gasteiger partial charge on any atom is -0.396 e. The summed E-state index contributed by atoms with van der Waals surface area (Å²) in [7, 11) is 3.47. The molecular weight excluding hydrogens is 182 g/mol. The number of urea groups is 1. The molecule has 0 aromatic heterocycles. The number of carbonyl (C=O) groups excluding carboxylic acids is 1. The Bertz CT molecular complexity index is 230. The van der Waals surface area contributed by atoms with E-state index in [1.54, 1.807) is 25.2 Å². The number of rotatable bonds is 4. The van der Waals surface area contributed by atoms with Crippen LogP contribution < -0.4 is 5.32 Å². The van der Waals surface area contributed by atoms with E-state index in [2.05, 4.69) is 5.32 Å². The maximum absolute atomic E-state index is 11.5. The maximum Gasteiger partial charge on any atom is 0.324 e. The molecule has 2 N–H and O–H groups in total. The molecule has 1 aliphatic heterocycles. The number of aliphatic hydroxyl groups is 1. The summed E-state index contributed by atoms with van der Waals surface area (Å²) in [5.74, 6) is 0. The lowest BCUT2D eigenvalue weighted by Crippen LogP contribution is -2.51.